The molecule has 3 unspecified atom stereocenters. The van der Waals surface area contributed by atoms with Crippen LogP contribution in [-0.2, 0) is 14.2 Å². The molecule has 3 atom stereocenters. The van der Waals surface area contributed by atoms with Gasteiger partial charge < -0.3 is 14.2 Å². The van der Waals surface area contributed by atoms with Crippen LogP contribution in [0.2, 0.25) is 0 Å². The number of fused-ring (bicyclic) bond motifs is 2. The first-order valence-electron chi connectivity index (χ1n) is 7.13. The van der Waals surface area contributed by atoms with Gasteiger partial charge in [0.05, 0.1) is 13.2 Å². The van der Waals surface area contributed by atoms with Crippen LogP contribution in [-0.4, -0.2) is 56.6 Å². The zero-order valence-electron chi connectivity index (χ0n) is 11.1. The molecule has 2 bridgehead atoms. The zero-order valence-corrected chi connectivity index (χ0v) is 11.1. The summed E-state index contributed by atoms with van der Waals surface area (Å²) in [5, 5.41) is 0. The van der Waals surface area contributed by atoms with Gasteiger partial charge >= 0.3 is 6.16 Å². The first-order chi connectivity index (χ1) is 9.31. The summed E-state index contributed by atoms with van der Waals surface area (Å²) >= 11 is 0. The molecular formula is C14H21NO4. The van der Waals surface area contributed by atoms with Crippen molar-refractivity contribution >= 4 is 6.16 Å². The summed E-state index contributed by atoms with van der Waals surface area (Å²) in [7, 11) is 0. The van der Waals surface area contributed by atoms with Gasteiger partial charge in [-0.25, -0.2) is 4.79 Å². The van der Waals surface area contributed by atoms with Crippen LogP contribution < -0.4 is 0 Å². The Balaban J connectivity index is 1.32. The summed E-state index contributed by atoms with van der Waals surface area (Å²) in [5.41, 5.74) is 0. The van der Waals surface area contributed by atoms with Crippen LogP contribution >= 0.6 is 0 Å². The molecule has 106 valence electrons. The summed E-state index contributed by atoms with van der Waals surface area (Å²) in [4.78, 5) is 13.8. The number of carbonyl (C=O) groups excluding carboxylic acids is 1. The molecule has 0 radical (unpaired) electrons. The Morgan fingerprint density at radius 1 is 1.26 bits per heavy atom. The predicted octanol–water partition coefficient (Wildman–Crippen LogP) is 1.44. The van der Waals surface area contributed by atoms with E-state index in [1.54, 1.807) is 0 Å². The van der Waals surface area contributed by atoms with Crippen LogP contribution in [0.5, 0.6) is 0 Å². The molecule has 1 aliphatic heterocycles. The van der Waals surface area contributed by atoms with Crippen LogP contribution in [0.25, 0.3) is 0 Å². The van der Waals surface area contributed by atoms with E-state index in [1.807, 2.05) is 0 Å². The fourth-order valence-corrected chi connectivity index (χ4v) is 3.11. The van der Waals surface area contributed by atoms with Gasteiger partial charge in [-0.05, 0) is 18.8 Å². The number of hydrogen-bond donors (Lipinski definition) is 0. The van der Waals surface area contributed by atoms with E-state index in [-0.39, 0.29) is 6.10 Å². The predicted molar refractivity (Wildman–Crippen MR) is 68.8 cm³/mol. The maximum absolute atomic E-state index is 11.6. The topological polar surface area (TPSA) is 48.0 Å². The minimum absolute atomic E-state index is 0.0332. The summed E-state index contributed by atoms with van der Waals surface area (Å²) in [6.07, 6.45) is 6.00. The number of allylic oxidation sites excluding steroid dienone is 1. The van der Waals surface area contributed by atoms with Crippen molar-refractivity contribution in [2.45, 2.75) is 18.9 Å². The quantitative estimate of drug-likeness (QED) is 0.570. The number of nitrogens with zero attached hydrogens (tertiary/aromatic N) is 1. The Kier molecular flexibility index (Phi) is 4.03. The molecule has 3 aliphatic rings. The Hall–Kier alpha value is -1.07. The summed E-state index contributed by atoms with van der Waals surface area (Å²) in [6.45, 7) is 4.51. The summed E-state index contributed by atoms with van der Waals surface area (Å²) in [5.74, 6) is 1.02. The number of hydrogen-bond acceptors (Lipinski definition) is 5. The minimum Gasteiger partial charge on any atom is -0.433 e. The number of morpholine rings is 1. The average molecular weight is 267 g/mol. The highest BCUT2D eigenvalue weighted by Gasteiger charge is 2.38. The van der Waals surface area contributed by atoms with Crippen molar-refractivity contribution in [2.24, 2.45) is 11.8 Å². The second kappa shape index (κ2) is 5.92. The summed E-state index contributed by atoms with van der Waals surface area (Å²) < 4.78 is 15.8. The number of carbonyl (C=O) groups is 1. The highest BCUT2D eigenvalue weighted by molar-refractivity contribution is 5.60. The molecule has 0 N–H and O–H groups in total. The fourth-order valence-electron chi connectivity index (χ4n) is 3.11. The van der Waals surface area contributed by atoms with Crippen molar-refractivity contribution < 1.29 is 19.0 Å². The van der Waals surface area contributed by atoms with Gasteiger partial charge in [-0.1, -0.05) is 12.2 Å². The van der Waals surface area contributed by atoms with E-state index in [9.17, 15) is 4.79 Å². The van der Waals surface area contributed by atoms with E-state index < -0.39 is 6.16 Å². The SMILES string of the molecule is O=C(OCCN1CCOCC1)OC1CC2C=CC1C2. The van der Waals surface area contributed by atoms with Crippen molar-refractivity contribution in [1.29, 1.82) is 0 Å². The molecular weight excluding hydrogens is 246 g/mol. The lowest BCUT2D eigenvalue weighted by molar-refractivity contribution is -0.00106. The largest absolute Gasteiger partial charge is 0.508 e. The van der Waals surface area contributed by atoms with E-state index in [4.69, 9.17) is 14.2 Å². The molecule has 1 heterocycles. The Bertz CT molecular complexity index is 351. The lowest BCUT2D eigenvalue weighted by Gasteiger charge is -2.26. The monoisotopic (exact) mass is 267 g/mol. The van der Waals surface area contributed by atoms with Crippen molar-refractivity contribution in [3.8, 4) is 0 Å². The van der Waals surface area contributed by atoms with Crippen molar-refractivity contribution in [1.82, 2.24) is 4.90 Å². The molecule has 19 heavy (non-hydrogen) atoms. The van der Waals surface area contributed by atoms with Gasteiger partial charge in [0.2, 0.25) is 0 Å². The highest BCUT2D eigenvalue weighted by Crippen LogP contribution is 2.40. The standard InChI is InChI=1S/C14H21NO4/c16-14(18-8-5-15-3-6-17-7-4-15)19-13-10-11-1-2-12(13)9-11/h1-2,11-13H,3-10H2. The van der Waals surface area contributed by atoms with Crippen molar-refractivity contribution in [3.63, 3.8) is 0 Å². The van der Waals surface area contributed by atoms with Gasteiger partial charge in [-0.3, -0.25) is 4.90 Å². The Morgan fingerprint density at radius 2 is 2.11 bits per heavy atom. The van der Waals surface area contributed by atoms with Gasteiger partial charge in [0.1, 0.15) is 12.7 Å². The molecule has 0 amide bonds. The molecule has 2 fully saturated rings. The van der Waals surface area contributed by atoms with E-state index in [0.717, 1.165) is 45.7 Å². The maximum Gasteiger partial charge on any atom is 0.508 e. The normalized spacial score (nSPS) is 33.6. The molecule has 3 rings (SSSR count). The Labute approximate surface area is 113 Å². The van der Waals surface area contributed by atoms with E-state index >= 15 is 0 Å². The molecule has 1 saturated heterocycles. The van der Waals surface area contributed by atoms with Crippen molar-refractivity contribution in [3.05, 3.63) is 12.2 Å². The minimum atomic E-state index is -0.515. The van der Waals surface area contributed by atoms with Crippen LogP contribution in [0.4, 0.5) is 4.79 Å². The fraction of sp³-hybridized carbons (Fsp3) is 0.786. The second-order valence-electron chi connectivity index (χ2n) is 5.49. The number of ether oxygens (including phenoxy) is 3. The van der Waals surface area contributed by atoms with E-state index in [2.05, 4.69) is 17.1 Å². The molecule has 1 saturated carbocycles. The van der Waals surface area contributed by atoms with Gasteiger partial charge in [0.15, 0.2) is 0 Å². The molecule has 0 aromatic heterocycles. The van der Waals surface area contributed by atoms with Gasteiger partial charge in [0, 0.05) is 25.6 Å². The molecule has 0 spiro atoms. The van der Waals surface area contributed by atoms with Gasteiger partial charge in [0.25, 0.3) is 0 Å². The van der Waals surface area contributed by atoms with Crippen LogP contribution in [0.3, 0.4) is 0 Å². The molecule has 5 heteroatoms. The van der Waals surface area contributed by atoms with Gasteiger partial charge in [-0.15, -0.1) is 0 Å². The molecule has 0 aromatic carbocycles. The van der Waals surface area contributed by atoms with Crippen LogP contribution in [0.1, 0.15) is 12.8 Å². The average Bonchev–Trinajstić information content (AvgIpc) is 3.02. The lowest BCUT2D eigenvalue weighted by atomic mass is 10.1. The van der Waals surface area contributed by atoms with Crippen LogP contribution in [0, 0.1) is 11.8 Å². The van der Waals surface area contributed by atoms with E-state index in [0.29, 0.717) is 18.4 Å². The van der Waals surface area contributed by atoms with Crippen LogP contribution in [0.15, 0.2) is 12.2 Å². The first kappa shape index (κ1) is 12.9. The third-order valence-corrected chi connectivity index (χ3v) is 4.20. The van der Waals surface area contributed by atoms with E-state index in [1.165, 1.54) is 0 Å². The molecule has 0 aromatic rings. The maximum atomic E-state index is 11.6. The lowest BCUT2D eigenvalue weighted by Crippen LogP contribution is -2.38. The third kappa shape index (κ3) is 3.28. The summed E-state index contributed by atoms with van der Waals surface area (Å²) in [6, 6.07) is 0. The third-order valence-electron chi connectivity index (χ3n) is 4.20. The second-order valence-corrected chi connectivity index (χ2v) is 5.49. The first-order valence-corrected chi connectivity index (χ1v) is 7.13. The molecule has 5 nitrogen and oxygen atoms in total. The molecule has 2 aliphatic carbocycles. The van der Waals surface area contributed by atoms with Gasteiger partial charge in [-0.2, -0.15) is 0 Å². The highest BCUT2D eigenvalue weighted by atomic mass is 16.7. The smallest absolute Gasteiger partial charge is 0.433 e. The zero-order chi connectivity index (χ0) is 13.1. The Morgan fingerprint density at radius 3 is 2.79 bits per heavy atom. The number of rotatable bonds is 4. The van der Waals surface area contributed by atoms with Crippen molar-refractivity contribution in [2.75, 3.05) is 39.5 Å².